The number of alkyl halides is 2. The van der Waals surface area contributed by atoms with Gasteiger partial charge in [0.1, 0.15) is 18.1 Å². The second-order valence-corrected chi connectivity index (χ2v) is 3.23. The number of benzene rings is 1. The van der Waals surface area contributed by atoms with Gasteiger partial charge in [-0.2, -0.15) is 8.78 Å². The molecule has 0 fully saturated rings. The van der Waals surface area contributed by atoms with Crippen molar-refractivity contribution in [1.29, 1.82) is 0 Å². The minimum Gasteiger partial charge on any atom is -0.491 e. The number of aliphatic hydroxyl groups is 1. The average Bonchev–Trinajstić information content (AvgIpc) is 2.25. The summed E-state index contributed by atoms with van der Waals surface area (Å²) in [4.78, 5) is 0. The van der Waals surface area contributed by atoms with Crippen molar-refractivity contribution in [3.05, 3.63) is 24.3 Å². The average molecular weight is 232 g/mol. The van der Waals surface area contributed by atoms with E-state index in [1.54, 1.807) is 12.1 Å². The number of hydrogen-bond donors (Lipinski definition) is 1. The van der Waals surface area contributed by atoms with E-state index in [0.717, 1.165) is 0 Å². The van der Waals surface area contributed by atoms with Gasteiger partial charge in [-0.15, -0.1) is 0 Å². The first-order valence-electron chi connectivity index (χ1n) is 4.97. The second-order valence-electron chi connectivity index (χ2n) is 3.23. The number of rotatable bonds is 6. The van der Waals surface area contributed by atoms with Crippen molar-refractivity contribution < 1.29 is 23.4 Å². The van der Waals surface area contributed by atoms with E-state index in [1.807, 2.05) is 6.92 Å². The highest BCUT2D eigenvalue weighted by molar-refractivity contribution is 5.32. The predicted molar refractivity (Wildman–Crippen MR) is 54.9 cm³/mol. The molecule has 3 nitrogen and oxygen atoms in total. The number of halogens is 2. The Balaban J connectivity index is 2.53. The lowest BCUT2D eigenvalue weighted by atomic mass is 10.3. The Kier molecular flexibility index (Phi) is 4.98. The van der Waals surface area contributed by atoms with Gasteiger partial charge in [0.2, 0.25) is 0 Å². The van der Waals surface area contributed by atoms with E-state index < -0.39 is 12.7 Å². The Labute approximate surface area is 92.6 Å². The molecule has 0 saturated carbocycles. The van der Waals surface area contributed by atoms with Gasteiger partial charge in [0.15, 0.2) is 0 Å². The zero-order chi connectivity index (χ0) is 12.0. The lowest BCUT2D eigenvalue weighted by Crippen LogP contribution is -2.16. The van der Waals surface area contributed by atoms with Crippen LogP contribution in [0.15, 0.2) is 24.3 Å². The molecule has 1 aromatic rings. The van der Waals surface area contributed by atoms with Crippen molar-refractivity contribution in [2.45, 2.75) is 26.1 Å². The zero-order valence-corrected chi connectivity index (χ0v) is 8.90. The van der Waals surface area contributed by atoms with Crippen LogP contribution in [0.3, 0.4) is 0 Å². The first kappa shape index (κ1) is 12.7. The van der Waals surface area contributed by atoms with Gasteiger partial charge < -0.3 is 14.6 Å². The fraction of sp³-hybridized carbons (Fsp3) is 0.455. The minimum absolute atomic E-state index is 0.0403. The molecular weight excluding hydrogens is 218 g/mol. The van der Waals surface area contributed by atoms with Gasteiger partial charge in [-0.25, -0.2) is 0 Å². The van der Waals surface area contributed by atoms with E-state index in [-0.39, 0.29) is 12.4 Å². The summed E-state index contributed by atoms with van der Waals surface area (Å²) in [6, 6.07) is 5.93. The van der Waals surface area contributed by atoms with Crippen LogP contribution >= 0.6 is 0 Å². The molecule has 0 amide bonds. The maximum absolute atomic E-state index is 11.9. The molecule has 0 unspecified atom stereocenters. The molecule has 1 rings (SSSR count). The van der Waals surface area contributed by atoms with Gasteiger partial charge >= 0.3 is 6.61 Å². The Morgan fingerprint density at radius 3 is 2.62 bits per heavy atom. The lowest BCUT2D eigenvalue weighted by Gasteiger charge is -2.11. The third kappa shape index (κ3) is 4.44. The van der Waals surface area contributed by atoms with E-state index in [9.17, 15) is 13.9 Å². The first-order valence-corrected chi connectivity index (χ1v) is 4.97. The van der Waals surface area contributed by atoms with Gasteiger partial charge in [-0.05, 0) is 18.6 Å². The third-order valence-corrected chi connectivity index (χ3v) is 1.94. The smallest absolute Gasteiger partial charge is 0.387 e. The molecule has 0 aliphatic heterocycles. The van der Waals surface area contributed by atoms with Crippen LogP contribution in [0, 0.1) is 0 Å². The Morgan fingerprint density at radius 1 is 1.31 bits per heavy atom. The SMILES string of the molecule is CC[C@H](O)COc1cccc(OC(F)F)c1. The monoisotopic (exact) mass is 232 g/mol. The van der Waals surface area contributed by atoms with E-state index in [2.05, 4.69) is 4.74 Å². The van der Waals surface area contributed by atoms with E-state index in [0.29, 0.717) is 12.2 Å². The van der Waals surface area contributed by atoms with Crippen molar-refractivity contribution in [1.82, 2.24) is 0 Å². The fourth-order valence-electron chi connectivity index (χ4n) is 1.05. The molecule has 5 heteroatoms. The largest absolute Gasteiger partial charge is 0.491 e. The molecule has 0 radical (unpaired) electrons. The summed E-state index contributed by atoms with van der Waals surface area (Å²) < 4.78 is 33.3. The highest BCUT2D eigenvalue weighted by Gasteiger charge is 2.06. The molecule has 0 aromatic heterocycles. The van der Waals surface area contributed by atoms with Crippen LogP contribution in [0.2, 0.25) is 0 Å². The van der Waals surface area contributed by atoms with Crippen molar-refractivity contribution in [2.75, 3.05) is 6.61 Å². The quantitative estimate of drug-likeness (QED) is 0.818. The maximum Gasteiger partial charge on any atom is 0.387 e. The summed E-state index contributed by atoms with van der Waals surface area (Å²) >= 11 is 0. The molecule has 0 spiro atoms. The molecule has 1 atom stereocenters. The number of hydrogen-bond acceptors (Lipinski definition) is 3. The normalized spacial score (nSPS) is 12.6. The van der Waals surface area contributed by atoms with Crippen molar-refractivity contribution >= 4 is 0 Å². The minimum atomic E-state index is -2.85. The van der Waals surface area contributed by atoms with E-state index in [4.69, 9.17) is 4.74 Å². The first-order chi connectivity index (χ1) is 7.61. The molecule has 0 aliphatic rings. The van der Waals surface area contributed by atoms with Crippen molar-refractivity contribution in [3.8, 4) is 11.5 Å². The molecule has 1 aromatic carbocycles. The molecule has 16 heavy (non-hydrogen) atoms. The summed E-state index contributed by atoms with van der Waals surface area (Å²) in [5.74, 6) is 0.434. The van der Waals surface area contributed by atoms with E-state index in [1.165, 1.54) is 12.1 Å². The fourth-order valence-corrected chi connectivity index (χ4v) is 1.05. The zero-order valence-electron chi connectivity index (χ0n) is 8.90. The van der Waals surface area contributed by atoms with E-state index >= 15 is 0 Å². The van der Waals surface area contributed by atoms with Gasteiger partial charge in [-0.3, -0.25) is 0 Å². The predicted octanol–water partition coefficient (Wildman–Crippen LogP) is 2.44. The highest BCUT2D eigenvalue weighted by Crippen LogP contribution is 2.21. The number of ether oxygens (including phenoxy) is 2. The van der Waals surface area contributed by atoms with Gasteiger partial charge in [0.05, 0.1) is 6.10 Å². The molecular formula is C11H14F2O3. The van der Waals surface area contributed by atoms with Crippen LogP contribution < -0.4 is 9.47 Å². The van der Waals surface area contributed by atoms with Crippen LogP contribution in [-0.2, 0) is 0 Å². The maximum atomic E-state index is 11.9. The Bertz CT molecular complexity index is 318. The molecule has 1 N–H and O–H groups in total. The third-order valence-electron chi connectivity index (χ3n) is 1.94. The summed E-state index contributed by atoms with van der Waals surface area (Å²) in [6.45, 7) is -0.893. The molecule has 0 saturated heterocycles. The summed E-state index contributed by atoms with van der Waals surface area (Å²) in [6.07, 6.45) is 0.0208. The summed E-state index contributed by atoms with van der Waals surface area (Å²) in [7, 11) is 0. The molecule has 0 bridgehead atoms. The van der Waals surface area contributed by atoms with Crippen LogP contribution in [0.5, 0.6) is 11.5 Å². The standard InChI is InChI=1S/C11H14F2O3/c1-2-8(14)7-15-9-4-3-5-10(6-9)16-11(12)13/h3-6,8,11,14H,2,7H2,1H3/t8-/m0/s1. The Hall–Kier alpha value is -1.36. The lowest BCUT2D eigenvalue weighted by molar-refractivity contribution is -0.0499. The molecule has 0 aliphatic carbocycles. The van der Waals surface area contributed by atoms with Crippen LogP contribution in [0.25, 0.3) is 0 Å². The molecule has 0 heterocycles. The highest BCUT2D eigenvalue weighted by atomic mass is 19.3. The van der Waals surface area contributed by atoms with Crippen molar-refractivity contribution in [3.63, 3.8) is 0 Å². The number of aliphatic hydroxyl groups excluding tert-OH is 1. The topological polar surface area (TPSA) is 38.7 Å². The summed E-state index contributed by atoms with van der Waals surface area (Å²) in [5.41, 5.74) is 0. The van der Waals surface area contributed by atoms with Gasteiger partial charge in [0, 0.05) is 6.07 Å². The second kappa shape index (κ2) is 6.27. The Morgan fingerprint density at radius 2 is 2.00 bits per heavy atom. The van der Waals surface area contributed by atoms with Gasteiger partial charge in [0.25, 0.3) is 0 Å². The van der Waals surface area contributed by atoms with Crippen LogP contribution in [-0.4, -0.2) is 24.4 Å². The van der Waals surface area contributed by atoms with Crippen LogP contribution in [0.4, 0.5) is 8.78 Å². The molecule has 90 valence electrons. The van der Waals surface area contributed by atoms with Crippen LogP contribution in [0.1, 0.15) is 13.3 Å². The summed E-state index contributed by atoms with van der Waals surface area (Å²) in [5, 5.41) is 9.26. The van der Waals surface area contributed by atoms with Gasteiger partial charge in [-0.1, -0.05) is 13.0 Å². The van der Waals surface area contributed by atoms with Crippen molar-refractivity contribution in [2.24, 2.45) is 0 Å².